The first-order chi connectivity index (χ1) is 8.99. The molecule has 2 N–H and O–H groups in total. The van der Waals surface area contributed by atoms with Gasteiger partial charge in [-0.3, -0.25) is 10.1 Å². The summed E-state index contributed by atoms with van der Waals surface area (Å²) in [6.45, 7) is 1.95. The molecule has 0 heterocycles. The molecule has 19 heavy (non-hydrogen) atoms. The van der Waals surface area contributed by atoms with Crippen molar-refractivity contribution in [3.63, 3.8) is 0 Å². The van der Waals surface area contributed by atoms with E-state index in [2.05, 4.69) is 11.2 Å². The zero-order chi connectivity index (χ0) is 14.4. The maximum atomic E-state index is 10.9. The molecule has 0 fully saturated rings. The number of carboxylic acids is 1. The number of carbonyl (C=O) groups is 1. The number of terminal acetylenes is 1. The van der Waals surface area contributed by atoms with E-state index in [0.29, 0.717) is 6.42 Å². The zero-order valence-corrected chi connectivity index (χ0v) is 10.4. The van der Waals surface area contributed by atoms with Crippen molar-refractivity contribution in [1.29, 1.82) is 0 Å². The molecule has 1 rings (SSSR count). The summed E-state index contributed by atoms with van der Waals surface area (Å²) in [5, 5.41) is 22.6. The molecule has 0 aliphatic heterocycles. The number of nitrogens with zero attached hydrogens (tertiary/aromatic N) is 1. The van der Waals surface area contributed by atoms with Crippen molar-refractivity contribution in [1.82, 2.24) is 0 Å². The molecule has 6 nitrogen and oxygen atoms in total. The maximum Gasteiger partial charge on any atom is 0.335 e. The van der Waals surface area contributed by atoms with E-state index in [0.717, 1.165) is 12.5 Å². The van der Waals surface area contributed by atoms with Crippen molar-refractivity contribution >= 4 is 17.3 Å². The number of nitro groups is 1. The lowest BCUT2D eigenvalue weighted by molar-refractivity contribution is -0.384. The molecule has 1 atom stereocenters. The molecule has 1 aromatic carbocycles. The lowest BCUT2D eigenvalue weighted by atomic mass is 10.1. The number of nitrogens with one attached hydrogen (secondary N) is 1. The van der Waals surface area contributed by atoms with Crippen molar-refractivity contribution in [2.75, 3.05) is 5.32 Å². The summed E-state index contributed by atoms with van der Waals surface area (Å²) >= 11 is 0. The predicted molar refractivity (Wildman–Crippen MR) is 71.2 cm³/mol. The second kappa shape index (κ2) is 6.40. The maximum absolute atomic E-state index is 10.9. The van der Waals surface area contributed by atoms with E-state index < -0.39 is 10.9 Å². The van der Waals surface area contributed by atoms with Gasteiger partial charge in [-0.05, 0) is 18.6 Å². The van der Waals surface area contributed by atoms with Gasteiger partial charge in [0.2, 0.25) is 0 Å². The highest BCUT2D eigenvalue weighted by molar-refractivity contribution is 5.89. The van der Waals surface area contributed by atoms with Crippen LogP contribution in [0.25, 0.3) is 0 Å². The van der Waals surface area contributed by atoms with Gasteiger partial charge in [-0.2, -0.15) is 0 Å². The molecule has 0 bridgehead atoms. The largest absolute Gasteiger partial charge is 0.478 e. The van der Waals surface area contributed by atoms with Crippen molar-refractivity contribution in [3.8, 4) is 12.3 Å². The van der Waals surface area contributed by atoms with Gasteiger partial charge in [0.1, 0.15) is 5.69 Å². The Balaban J connectivity index is 3.10. The summed E-state index contributed by atoms with van der Waals surface area (Å²) < 4.78 is 0. The number of hydrogen-bond acceptors (Lipinski definition) is 4. The van der Waals surface area contributed by atoms with Gasteiger partial charge in [0, 0.05) is 6.07 Å². The molecule has 1 aromatic rings. The van der Waals surface area contributed by atoms with Gasteiger partial charge >= 0.3 is 5.97 Å². The minimum Gasteiger partial charge on any atom is -0.478 e. The van der Waals surface area contributed by atoms with Gasteiger partial charge in [0.25, 0.3) is 5.69 Å². The first kappa shape index (κ1) is 14.5. The fraction of sp³-hybridized carbons (Fsp3) is 0.308. The number of rotatable bonds is 6. The Labute approximate surface area is 110 Å². The minimum absolute atomic E-state index is 0.134. The lowest BCUT2D eigenvalue weighted by Gasteiger charge is -2.13. The summed E-state index contributed by atoms with van der Waals surface area (Å²) in [5.74, 6) is 1.29. The van der Waals surface area contributed by atoms with Gasteiger partial charge in [-0.1, -0.05) is 19.3 Å². The van der Waals surface area contributed by atoms with Crippen molar-refractivity contribution < 1.29 is 14.8 Å². The number of nitro benzene ring substituents is 1. The van der Waals surface area contributed by atoms with Crippen LogP contribution in [-0.4, -0.2) is 22.0 Å². The smallest absolute Gasteiger partial charge is 0.335 e. The quantitative estimate of drug-likeness (QED) is 0.467. The van der Waals surface area contributed by atoms with E-state index in [4.69, 9.17) is 11.5 Å². The Kier molecular flexibility index (Phi) is 4.89. The highest BCUT2D eigenvalue weighted by atomic mass is 16.6. The average molecular weight is 262 g/mol. The van der Waals surface area contributed by atoms with Crippen molar-refractivity contribution in [2.24, 2.45) is 0 Å². The topological polar surface area (TPSA) is 92.5 Å². The number of benzene rings is 1. The molecular weight excluding hydrogens is 248 g/mol. The van der Waals surface area contributed by atoms with E-state index in [1.807, 2.05) is 6.92 Å². The highest BCUT2D eigenvalue weighted by Gasteiger charge is 2.18. The molecular formula is C13H14N2O4. The van der Waals surface area contributed by atoms with Gasteiger partial charge in [0.15, 0.2) is 0 Å². The van der Waals surface area contributed by atoms with Crippen LogP contribution in [0, 0.1) is 22.5 Å². The van der Waals surface area contributed by atoms with E-state index in [1.54, 1.807) is 0 Å². The predicted octanol–water partition coefficient (Wildman–Crippen LogP) is 2.51. The summed E-state index contributed by atoms with van der Waals surface area (Å²) in [7, 11) is 0. The van der Waals surface area contributed by atoms with E-state index >= 15 is 0 Å². The second-order valence-electron chi connectivity index (χ2n) is 3.95. The lowest BCUT2D eigenvalue weighted by Crippen LogP contribution is -2.17. The molecule has 6 heteroatoms. The Morgan fingerprint density at radius 1 is 1.63 bits per heavy atom. The molecule has 0 aromatic heterocycles. The van der Waals surface area contributed by atoms with Crippen LogP contribution >= 0.6 is 0 Å². The summed E-state index contributed by atoms with van der Waals surface area (Å²) in [6.07, 6.45) is 6.85. The van der Waals surface area contributed by atoms with Crippen LogP contribution in [-0.2, 0) is 0 Å². The Bertz CT molecular complexity index is 534. The van der Waals surface area contributed by atoms with Crippen LogP contribution < -0.4 is 5.32 Å². The standard InChI is InChI=1S/C13H14N2O4/c1-3-5-10(4-2)14-11-7-6-9(13(16)17)8-12(11)15(18)19/h2,6-8,10,14H,3,5H2,1H3,(H,16,17). The summed E-state index contributed by atoms with van der Waals surface area (Å²) in [5.41, 5.74) is -0.201. The molecule has 100 valence electrons. The fourth-order valence-corrected chi connectivity index (χ4v) is 1.61. The first-order valence-corrected chi connectivity index (χ1v) is 5.74. The van der Waals surface area contributed by atoms with Gasteiger partial charge in [0.05, 0.1) is 16.5 Å². The van der Waals surface area contributed by atoms with Crippen molar-refractivity contribution in [3.05, 3.63) is 33.9 Å². The van der Waals surface area contributed by atoms with Crippen LogP contribution in [0.3, 0.4) is 0 Å². The van der Waals surface area contributed by atoms with E-state index in [1.165, 1.54) is 12.1 Å². The van der Waals surface area contributed by atoms with Gasteiger partial charge in [-0.15, -0.1) is 6.42 Å². The Morgan fingerprint density at radius 3 is 2.79 bits per heavy atom. The number of anilines is 1. The van der Waals surface area contributed by atoms with Crippen LogP contribution in [0.5, 0.6) is 0 Å². The monoisotopic (exact) mass is 262 g/mol. The van der Waals surface area contributed by atoms with Crippen LogP contribution in [0.4, 0.5) is 11.4 Å². The van der Waals surface area contributed by atoms with Crippen LogP contribution in [0.15, 0.2) is 18.2 Å². The number of carboxylic acid groups (broad SMARTS) is 1. The summed E-state index contributed by atoms with van der Waals surface area (Å²) in [4.78, 5) is 21.1. The first-order valence-electron chi connectivity index (χ1n) is 5.74. The van der Waals surface area contributed by atoms with Crippen molar-refractivity contribution in [2.45, 2.75) is 25.8 Å². The average Bonchev–Trinajstić information content (AvgIpc) is 2.37. The summed E-state index contributed by atoms with van der Waals surface area (Å²) in [6, 6.07) is 3.36. The Hall–Kier alpha value is -2.55. The van der Waals surface area contributed by atoms with E-state index in [-0.39, 0.29) is 23.0 Å². The van der Waals surface area contributed by atoms with Crippen LogP contribution in [0.1, 0.15) is 30.1 Å². The molecule has 1 unspecified atom stereocenters. The molecule has 0 spiro atoms. The zero-order valence-electron chi connectivity index (χ0n) is 10.4. The number of hydrogen-bond donors (Lipinski definition) is 2. The SMILES string of the molecule is C#CC(CCC)Nc1ccc(C(=O)O)cc1[N+](=O)[O-]. The van der Waals surface area contributed by atoms with Crippen LogP contribution in [0.2, 0.25) is 0 Å². The molecule has 0 saturated heterocycles. The third kappa shape index (κ3) is 3.71. The third-order valence-corrected chi connectivity index (χ3v) is 2.55. The second-order valence-corrected chi connectivity index (χ2v) is 3.95. The number of aromatic carboxylic acids is 1. The Morgan fingerprint density at radius 2 is 2.32 bits per heavy atom. The van der Waals surface area contributed by atoms with Gasteiger partial charge in [-0.25, -0.2) is 4.79 Å². The molecule has 0 aliphatic carbocycles. The normalized spacial score (nSPS) is 11.4. The minimum atomic E-state index is -1.21. The highest BCUT2D eigenvalue weighted by Crippen LogP contribution is 2.26. The molecule has 0 aliphatic rings. The van der Waals surface area contributed by atoms with E-state index in [9.17, 15) is 14.9 Å². The third-order valence-electron chi connectivity index (χ3n) is 2.55. The van der Waals surface area contributed by atoms with Gasteiger partial charge < -0.3 is 10.4 Å². The molecule has 0 radical (unpaired) electrons. The molecule has 0 saturated carbocycles. The fourth-order valence-electron chi connectivity index (χ4n) is 1.61. The molecule has 0 amide bonds.